The van der Waals surface area contributed by atoms with Crippen LogP contribution in [0.4, 0.5) is 5.69 Å². The van der Waals surface area contributed by atoms with Crippen molar-refractivity contribution in [3.8, 4) is 11.5 Å². The van der Waals surface area contributed by atoms with Gasteiger partial charge >= 0.3 is 5.97 Å². The fraction of sp³-hybridized carbons (Fsp3) is 0.333. The van der Waals surface area contributed by atoms with Gasteiger partial charge in [0.1, 0.15) is 5.56 Å². The van der Waals surface area contributed by atoms with Gasteiger partial charge in [-0.2, -0.15) is 0 Å². The smallest absolute Gasteiger partial charge is 0.342 e. The summed E-state index contributed by atoms with van der Waals surface area (Å²) < 4.78 is 15.5. The minimum absolute atomic E-state index is 0.198. The maximum absolute atomic E-state index is 12.4. The number of carbonyl (C=O) groups excluding carboxylic acids is 2. The highest BCUT2D eigenvalue weighted by atomic mass is 16.5. The topological polar surface area (TPSA) is 73.9 Å². The molecule has 0 atom stereocenters. The van der Waals surface area contributed by atoms with E-state index in [1.807, 2.05) is 25.1 Å². The first-order chi connectivity index (χ1) is 12.9. The molecule has 1 amide bonds. The third kappa shape index (κ3) is 4.78. The van der Waals surface area contributed by atoms with E-state index in [0.717, 1.165) is 16.8 Å². The molecule has 0 unspecified atom stereocenters. The number of rotatable bonds is 7. The average molecular weight is 371 g/mol. The molecule has 2 aromatic carbocycles. The maximum Gasteiger partial charge on any atom is 0.342 e. The molecule has 0 saturated heterocycles. The Kier molecular flexibility index (Phi) is 6.82. The van der Waals surface area contributed by atoms with Crippen LogP contribution >= 0.6 is 0 Å². The zero-order chi connectivity index (χ0) is 20.0. The van der Waals surface area contributed by atoms with Crippen LogP contribution in [-0.2, 0) is 9.53 Å². The fourth-order valence-electron chi connectivity index (χ4n) is 2.77. The number of carbonyl (C=O) groups is 2. The summed E-state index contributed by atoms with van der Waals surface area (Å²) in [5.41, 5.74) is 2.94. The number of hydrogen-bond donors (Lipinski definition) is 1. The lowest BCUT2D eigenvalue weighted by Crippen LogP contribution is -2.22. The standard InChI is InChI=1S/C21H25NO5/c1-13(2)15-9-6-8-14(3)19(15)22-18(23)12-27-21(24)16-10-7-11-17(25-4)20(16)26-5/h6-11,13H,12H2,1-5H3,(H,22,23). The van der Waals surface area contributed by atoms with E-state index in [-0.39, 0.29) is 17.2 Å². The lowest BCUT2D eigenvalue weighted by atomic mass is 9.98. The second-order valence-electron chi connectivity index (χ2n) is 6.36. The van der Waals surface area contributed by atoms with E-state index >= 15 is 0 Å². The monoisotopic (exact) mass is 371 g/mol. The van der Waals surface area contributed by atoms with E-state index < -0.39 is 18.5 Å². The van der Waals surface area contributed by atoms with Crippen molar-refractivity contribution >= 4 is 17.6 Å². The van der Waals surface area contributed by atoms with Crippen molar-refractivity contribution in [1.82, 2.24) is 0 Å². The molecule has 0 bridgehead atoms. The lowest BCUT2D eigenvalue weighted by molar-refractivity contribution is -0.119. The minimum Gasteiger partial charge on any atom is -0.493 e. The van der Waals surface area contributed by atoms with E-state index in [1.165, 1.54) is 14.2 Å². The molecule has 144 valence electrons. The van der Waals surface area contributed by atoms with Crippen molar-refractivity contribution in [2.24, 2.45) is 0 Å². The number of benzene rings is 2. The Morgan fingerprint density at radius 3 is 2.37 bits per heavy atom. The number of ether oxygens (including phenoxy) is 3. The third-order valence-corrected chi connectivity index (χ3v) is 4.15. The van der Waals surface area contributed by atoms with Crippen molar-refractivity contribution < 1.29 is 23.8 Å². The number of para-hydroxylation sites is 2. The minimum atomic E-state index is -0.658. The molecule has 0 aromatic heterocycles. The van der Waals surface area contributed by atoms with Crippen molar-refractivity contribution in [3.05, 3.63) is 53.1 Å². The molecule has 0 heterocycles. The van der Waals surface area contributed by atoms with Crippen LogP contribution < -0.4 is 14.8 Å². The number of esters is 1. The molecule has 27 heavy (non-hydrogen) atoms. The molecule has 0 spiro atoms. The molecular weight excluding hydrogens is 346 g/mol. The van der Waals surface area contributed by atoms with E-state index in [2.05, 4.69) is 19.2 Å². The van der Waals surface area contributed by atoms with Crippen molar-refractivity contribution in [2.45, 2.75) is 26.7 Å². The molecule has 1 N–H and O–H groups in total. The molecule has 2 rings (SSSR count). The quantitative estimate of drug-likeness (QED) is 0.747. The van der Waals surface area contributed by atoms with Crippen LogP contribution in [-0.4, -0.2) is 32.7 Å². The van der Waals surface area contributed by atoms with Crippen LogP contribution in [0.3, 0.4) is 0 Å². The van der Waals surface area contributed by atoms with Gasteiger partial charge in [0, 0.05) is 5.69 Å². The Hall–Kier alpha value is -3.02. The van der Waals surface area contributed by atoms with Crippen LogP contribution in [0.25, 0.3) is 0 Å². The van der Waals surface area contributed by atoms with Crippen molar-refractivity contribution in [2.75, 3.05) is 26.1 Å². The normalized spacial score (nSPS) is 10.4. The van der Waals surface area contributed by atoms with Gasteiger partial charge in [0.2, 0.25) is 0 Å². The molecule has 0 fully saturated rings. The van der Waals surface area contributed by atoms with Crippen molar-refractivity contribution in [1.29, 1.82) is 0 Å². The largest absolute Gasteiger partial charge is 0.493 e. The molecule has 0 radical (unpaired) electrons. The van der Waals surface area contributed by atoms with Gasteiger partial charge in [0.05, 0.1) is 14.2 Å². The van der Waals surface area contributed by atoms with Gasteiger partial charge < -0.3 is 19.5 Å². The molecule has 0 aliphatic rings. The summed E-state index contributed by atoms with van der Waals surface area (Å²) in [7, 11) is 2.92. The number of hydrogen-bond acceptors (Lipinski definition) is 5. The number of nitrogens with one attached hydrogen (secondary N) is 1. The highest BCUT2D eigenvalue weighted by Crippen LogP contribution is 2.31. The Labute approximate surface area is 159 Å². The zero-order valence-corrected chi connectivity index (χ0v) is 16.3. The molecule has 6 heteroatoms. The van der Waals surface area contributed by atoms with Crippen LogP contribution in [0.15, 0.2) is 36.4 Å². The Bertz CT molecular complexity index is 829. The number of amides is 1. The summed E-state index contributed by atoms with van der Waals surface area (Å²) in [6.07, 6.45) is 0. The predicted octanol–water partition coefficient (Wildman–Crippen LogP) is 3.93. The van der Waals surface area contributed by atoms with Gasteiger partial charge in [-0.1, -0.05) is 38.1 Å². The van der Waals surface area contributed by atoms with Crippen LogP contribution in [0, 0.1) is 6.92 Å². The molecular formula is C21H25NO5. The fourth-order valence-corrected chi connectivity index (χ4v) is 2.77. The Morgan fingerprint density at radius 2 is 1.74 bits per heavy atom. The first-order valence-corrected chi connectivity index (χ1v) is 8.66. The number of methoxy groups -OCH3 is 2. The predicted molar refractivity (Wildman–Crippen MR) is 104 cm³/mol. The van der Waals surface area contributed by atoms with Gasteiger partial charge in [0.15, 0.2) is 18.1 Å². The summed E-state index contributed by atoms with van der Waals surface area (Å²) in [4.78, 5) is 24.7. The summed E-state index contributed by atoms with van der Waals surface area (Å²) in [5.74, 6) is -0.121. The van der Waals surface area contributed by atoms with Gasteiger partial charge in [-0.15, -0.1) is 0 Å². The summed E-state index contributed by atoms with van der Waals surface area (Å²) in [5, 5.41) is 2.85. The first-order valence-electron chi connectivity index (χ1n) is 8.66. The maximum atomic E-state index is 12.4. The Balaban J connectivity index is 2.08. The highest BCUT2D eigenvalue weighted by molar-refractivity contribution is 5.98. The molecule has 0 aliphatic carbocycles. The van der Waals surface area contributed by atoms with E-state index in [9.17, 15) is 9.59 Å². The summed E-state index contributed by atoms with van der Waals surface area (Å²) in [6, 6.07) is 10.7. The molecule has 2 aromatic rings. The average Bonchev–Trinajstić information content (AvgIpc) is 2.66. The second-order valence-corrected chi connectivity index (χ2v) is 6.36. The molecule has 0 saturated carbocycles. The second kappa shape index (κ2) is 9.07. The van der Waals surface area contributed by atoms with Crippen LogP contribution in [0.1, 0.15) is 41.3 Å². The third-order valence-electron chi connectivity index (χ3n) is 4.15. The van der Waals surface area contributed by atoms with Crippen LogP contribution in [0.5, 0.6) is 11.5 Å². The number of anilines is 1. The van der Waals surface area contributed by atoms with Crippen LogP contribution in [0.2, 0.25) is 0 Å². The van der Waals surface area contributed by atoms with Gasteiger partial charge in [-0.3, -0.25) is 4.79 Å². The Morgan fingerprint density at radius 1 is 1.04 bits per heavy atom. The molecule has 6 nitrogen and oxygen atoms in total. The first kappa shape index (κ1) is 20.3. The van der Waals surface area contributed by atoms with Crippen molar-refractivity contribution in [3.63, 3.8) is 0 Å². The van der Waals surface area contributed by atoms with Gasteiger partial charge in [0.25, 0.3) is 5.91 Å². The summed E-state index contributed by atoms with van der Waals surface area (Å²) >= 11 is 0. The SMILES string of the molecule is COc1cccc(C(=O)OCC(=O)Nc2c(C)cccc2C(C)C)c1OC. The molecule has 0 aliphatic heterocycles. The lowest BCUT2D eigenvalue weighted by Gasteiger charge is -2.16. The zero-order valence-electron chi connectivity index (χ0n) is 16.3. The highest BCUT2D eigenvalue weighted by Gasteiger charge is 2.19. The van der Waals surface area contributed by atoms with Gasteiger partial charge in [-0.25, -0.2) is 4.79 Å². The van der Waals surface area contributed by atoms with Gasteiger partial charge in [-0.05, 0) is 36.1 Å². The summed E-state index contributed by atoms with van der Waals surface area (Å²) in [6.45, 7) is 5.64. The van der Waals surface area contributed by atoms with E-state index in [0.29, 0.717) is 5.75 Å². The number of aryl methyl sites for hydroxylation is 1. The van der Waals surface area contributed by atoms with E-state index in [4.69, 9.17) is 14.2 Å². The van der Waals surface area contributed by atoms with E-state index in [1.54, 1.807) is 18.2 Å².